The number of aromatic nitrogens is 1. The number of halogens is 1. The molecule has 1 N–H and O–H groups in total. The van der Waals surface area contributed by atoms with Crippen LogP contribution in [0.15, 0.2) is 42.5 Å². The zero-order valence-electron chi connectivity index (χ0n) is 15.0. The van der Waals surface area contributed by atoms with Gasteiger partial charge in [0, 0.05) is 11.9 Å². The average Bonchev–Trinajstić information content (AvgIpc) is 2.67. The van der Waals surface area contributed by atoms with Crippen LogP contribution >= 0.6 is 0 Å². The summed E-state index contributed by atoms with van der Waals surface area (Å²) in [7, 11) is 0. The lowest BCUT2D eigenvalue weighted by Gasteiger charge is -2.15. The molecule has 0 fully saturated rings. The van der Waals surface area contributed by atoms with E-state index >= 15 is 0 Å². The van der Waals surface area contributed by atoms with Crippen molar-refractivity contribution in [1.29, 1.82) is 5.26 Å². The van der Waals surface area contributed by atoms with Crippen LogP contribution in [0.4, 0.5) is 4.39 Å². The Morgan fingerprint density at radius 3 is 2.67 bits per heavy atom. The number of fused-ring (bicyclic) bond motifs is 1. The number of nitriles is 1. The Balaban J connectivity index is 1.96. The van der Waals surface area contributed by atoms with Crippen molar-refractivity contribution in [2.75, 3.05) is 6.61 Å². The van der Waals surface area contributed by atoms with E-state index in [9.17, 15) is 9.18 Å². The summed E-state index contributed by atoms with van der Waals surface area (Å²) in [6.07, 6.45) is 0. The van der Waals surface area contributed by atoms with E-state index in [1.54, 1.807) is 30.3 Å². The third-order valence-corrected chi connectivity index (χ3v) is 4.22. The standard InChI is InChI=1S/C21H18FN3O2/c1-3-27-21-19(20(26)24-12-14-4-7-16(22)8-5-14)13(2)17-9-6-15(11-23)10-18(17)25-21/h4-10H,3,12H2,1-2H3,(H,24,26). The molecule has 0 aliphatic rings. The SMILES string of the molecule is CCOc1nc2cc(C#N)ccc2c(C)c1C(=O)NCc1ccc(F)cc1. The van der Waals surface area contributed by atoms with Gasteiger partial charge < -0.3 is 10.1 Å². The fourth-order valence-electron chi connectivity index (χ4n) is 2.85. The van der Waals surface area contributed by atoms with Crippen LogP contribution in [0.25, 0.3) is 10.9 Å². The first-order valence-electron chi connectivity index (χ1n) is 8.53. The number of carbonyl (C=O) groups is 1. The minimum absolute atomic E-state index is 0.231. The summed E-state index contributed by atoms with van der Waals surface area (Å²) in [5.74, 6) is -0.414. The predicted molar refractivity (Wildman–Crippen MR) is 99.9 cm³/mol. The highest BCUT2D eigenvalue weighted by Crippen LogP contribution is 2.28. The second-order valence-corrected chi connectivity index (χ2v) is 6.00. The Morgan fingerprint density at radius 2 is 2.00 bits per heavy atom. The van der Waals surface area contributed by atoms with Crippen molar-refractivity contribution in [1.82, 2.24) is 10.3 Å². The number of amides is 1. The Hall–Kier alpha value is -3.46. The molecule has 2 aromatic carbocycles. The van der Waals surface area contributed by atoms with Gasteiger partial charge in [0.2, 0.25) is 5.88 Å². The third-order valence-electron chi connectivity index (χ3n) is 4.22. The zero-order chi connectivity index (χ0) is 19.4. The number of pyridine rings is 1. The van der Waals surface area contributed by atoms with E-state index in [-0.39, 0.29) is 24.1 Å². The van der Waals surface area contributed by atoms with E-state index in [2.05, 4.69) is 16.4 Å². The first-order valence-corrected chi connectivity index (χ1v) is 8.53. The van der Waals surface area contributed by atoms with Crippen LogP contribution in [0.2, 0.25) is 0 Å². The van der Waals surface area contributed by atoms with Crippen LogP contribution in [-0.4, -0.2) is 17.5 Å². The van der Waals surface area contributed by atoms with Crippen molar-refractivity contribution in [2.24, 2.45) is 0 Å². The van der Waals surface area contributed by atoms with Gasteiger partial charge in [-0.3, -0.25) is 4.79 Å². The van der Waals surface area contributed by atoms with E-state index in [0.29, 0.717) is 23.3 Å². The molecular weight excluding hydrogens is 345 g/mol. The summed E-state index contributed by atoms with van der Waals surface area (Å²) in [6.45, 7) is 4.25. The monoisotopic (exact) mass is 363 g/mol. The summed E-state index contributed by atoms with van der Waals surface area (Å²) in [5.41, 5.74) is 2.96. The second kappa shape index (κ2) is 7.83. The van der Waals surface area contributed by atoms with Crippen LogP contribution in [0, 0.1) is 24.1 Å². The first-order chi connectivity index (χ1) is 13.0. The molecule has 0 bridgehead atoms. The van der Waals surface area contributed by atoms with Crippen LogP contribution in [-0.2, 0) is 6.54 Å². The minimum Gasteiger partial charge on any atom is -0.477 e. The van der Waals surface area contributed by atoms with E-state index in [0.717, 1.165) is 16.5 Å². The highest BCUT2D eigenvalue weighted by molar-refractivity contribution is 6.02. The largest absolute Gasteiger partial charge is 0.477 e. The lowest BCUT2D eigenvalue weighted by atomic mass is 10.0. The smallest absolute Gasteiger partial charge is 0.257 e. The number of carbonyl (C=O) groups excluding carboxylic acids is 1. The van der Waals surface area contributed by atoms with Crippen LogP contribution < -0.4 is 10.1 Å². The second-order valence-electron chi connectivity index (χ2n) is 6.00. The number of ether oxygens (including phenoxy) is 1. The Morgan fingerprint density at radius 1 is 1.26 bits per heavy atom. The van der Waals surface area contributed by atoms with Crippen molar-refractivity contribution < 1.29 is 13.9 Å². The summed E-state index contributed by atoms with van der Waals surface area (Å²) >= 11 is 0. The topological polar surface area (TPSA) is 75.0 Å². The molecule has 3 rings (SSSR count). The van der Waals surface area contributed by atoms with Gasteiger partial charge in [0.25, 0.3) is 5.91 Å². The van der Waals surface area contributed by atoms with Gasteiger partial charge in [0.05, 0.1) is 23.8 Å². The average molecular weight is 363 g/mol. The summed E-state index contributed by atoms with van der Waals surface area (Å²) in [4.78, 5) is 17.2. The fourth-order valence-corrected chi connectivity index (χ4v) is 2.85. The third kappa shape index (κ3) is 3.87. The molecule has 0 atom stereocenters. The van der Waals surface area contributed by atoms with E-state index in [1.807, 2.05) is 13.8 Å². The molecule has 0 aliphatic heterocycles. The quantitative estimate of drug-likeness (QED) is 0.746. The number of nitrogens with zero attached hydrogens (tertiary/aromatic N) is 2. The molecule has 1 aromatic heterocycles. The van der Waals surface area contributed by atoms with E-state index in [1.165, 1.54) is 12.1 Å². The number of rotatable bonds is 5. The number of hydrogen-bond donors (Lipinski definition) is 1. The molecule has 0 saturated carbocycles. The van der Waals surface area contributed by atoms with Crippen LogP contribution in [0.1, 0.15) is 34.0 Å². The molecule has 0 unspecified atom stereocenters. The van der Waals surface area contributed by atoms with Crippen LogP contribution in [0.3, 0.4) is 0 Å². The molecule has 3 aromatic rings. The van der Waals surface area contributed by atoms with Gasteiger partial charge in [0.1, 0.15) is 11.4 Å². The van der Waals surface area contributed by atoms with Gasteiger partial charge >= 0.3 is 0 Å². The molecular formula is C21H18FN3O2. The first kappa shape index (κ1) is 18.3. The predicted octanol–water partition coefficient (Wildman–Crippen LogP) is 3.88. The molecule has 6 heteroatoms. The van der Waals surface area contributed by atoms with Crippen LogP contribution in [0.5, 0.6) is 5.88 Å². The fraction of sp³-hybridized carbons (Fsp3) is 0.190. The lowest BCUT2D eigenvalue weighted by molar-refractivity contribution is 0.0946. The van der Waals surface area contributed by atoms with Gasteiger partial charge in [-0.05, 0) is 49.2 Å². The maximum absolute atomic E-state index is 13.0. The Labute approximate surface area is 156 Å². The molecule has 5 nitrogen and oxygen atoms in total. The van der Waals surface area contributed by atoms with Gasteiger partial charge in [-0.2, -0.15) is 5.26 Å². The van der Waals surface area contributed by atoms with Crippen molar-refractivity contribution in [2.45, 2.75) is 20.4 Å². The highest BCUT2D eigenvalue weighted by atomic mass is 19.1. The van der Waals surface area contributed by atoms with Crippen molar-refractivity contribution >= 4 is 16.8 Å². The molecule has 27 heavy (non-hydrogen) atoms. The minimum atomic E-state index is -0.324. The summed E-state index contributed by atoms with van der Waals surface area (Å²) in [5, 5.41) is 12.7. The molecule has 0 saturated heterocycles. The summed E-state index contributed by atoms with van der Waals surface area (Å²) < 4.78 is 18.6. The lowest BCUT2D eigenvalue weighted by Crippen LogP contribution is -2.25. The van der Waals surface area contributed by atoms with Crippen molar-refractivity contribution in [3.8, 4) is 11.9 Å². The molecule has 0 radical (unpaired) electrons. The van der Waals surface area contributed by atoms with Gasteiger partial charge in [-0.25, -0.2) is 9.37 Å². The van der Waals surface area contributed by atoms with Crippen molar-refractivity contribution in [3.05, 3.63) is 70.5 Å². The van der Waals surface area contributed by atoms with Gasteiger partial charge in [-0.15, -0.1) is 0 Å². The highest BCUT2D eigenvalue weighted by Gasteiger charge is 2.20. The molecule has 1 heterocycles. The van der Waals surface area contributed by atoms with Gasteiger partial charge in [-0.1, -0.05) is 18.2 Å². The number of aryl methyl sites for hydroxylation is 1. The van der Waals surface area contributed by atoms with E-state index in [4.69, 9.17) is 10.00 Å². The number of benzene rings is 2. The van der Waals surface area contributed by atoms with E-state index < -0.39 is 0 Å². The molecule has 0 aliphatic carbocycles. The molecule has 1 amide bonds. The molecule has 136 valence electrons. The van der Waals surface area contributed by atoms with Gasteiger partial charge in [0.15, 0.2) is 0 Å². The van der Waals surface area contributed by atoms with Crippen molar-refractivity contribution in [3.63, 3.8) is 0 Å². The number of nitrogens with one attached hydrogen (secondary N) is 1. The summed E-state index contributed by atoms with van der Waals surface area (Å²) in [6, 6.07) is 13.2. The Kier molecular flexibility index (Phi) is 5.32. The maximum Gasteiger partial charge on any atom is 0.257 e. The molecule has 0 spiro atoms. The maximum atomic E-state index is 13.0. The normalized spacial score (nSPS) is 10.4. The zero-order valence-corrected chi connectivity index (χ0v) is 15.0. The Bertz CT molecular complexity index is 1040. The number of hydrogen-bond acceptors (Lipinski definition) is 4.